The Labute approximate surface area is 208 Å². The van der Waals surface area contributed by atoms with Crippen molar-refractivity contribution in [3.63, 3.8) is 0 Å². The molecule has 2 N–H and O–H groups in total. The van der Waals surface area contributed by atoms with Crippen LogP contribution in [0.5, 0.6) is 5.75 Å². The highest BCUT2D eigenvalue weighted by atomic mass is 32.1. The summed E-state index contributed by atoms with van der Waals surface area (Å²) in [5.41, 5.74) is 2.31. The van der Waals surface area contributed by atoms with Crippen LogP contribution >= 0.6 is 50.1 Å². The SMILES string of the molecule is CCCC(C)COc1cccc2ncnc(Nc3c(S)c(S)c4c(c3S)c(=S)[nH]n4C)c12. The quantitative estimate of drug-likeness (QED) is 0.145. The predicted molar refractivity (Wildman–Crippen MR) is 142 cm³/mol. The Morgan fingerprint density at radius 2 is 1.94 bits per heavy atom. The van der Waals surface area contributed by atoms with E-state index in [2.05, 4.69) is 34.2 Å². The van der Waals surface area contributed by atoms with Gasteiger partial charge in [0.15, 0.2) is 0 Å². The molecule has 168 valence electrons. The normalized spacial score (nSPS) is 12.4. The molecule has 0 amide bonds. The Morgan fingerprint density at radius 1 is 1.16 bits per heavy atom. The van der Waals surface area contributed by atoms with Crippen LogP contribution in [0.25, 0.3) is 21.8 Å². The number of nitrogens with zero attached hydrogens (tertiary/aromatic N) is 3. The first kappa shape index (κ1) is 23.3. The highest BCUT2D eigenvalue weighted by Gasteiger charge is 2.20. The first-order valence-corrected chi connectivity index (χ1v) is 12.1. The van der Waals surface area contributed by atoms with Gasteiger partial charge in [-0.15, -0.1) is 37.9 Å². The van der Waals surface area contributed by atoms with E-state index in [0.29, 0.717) is 43.4 Å². The van der Waals surface area contributed by atoms with Gasteiger partial charge in [-0.2, -0.15) is 0 Å². The van der Waals surface area contributed by atoms with E-state index in [0.717, 1.165) is 40.4 Å². The second-order valence-corrected chi connectivity index (χ2v) is 9.60. The average molecular weight is 504 g/mol. The first-order valence-electron chi connectivity index (χ1n) is 10.3. The van der Waals surface area contributed by atoms with Gasteiger partial charge in [-0.25, -0.2) is 9.97 Å². The van der Waals surface area contributed by atoms with Crippen molar-refractivity contribution in [3.05, 3.63) is 29.2 Å². The van der Waals surface area contributed by atoms with Gasteiger partial charge in [0, 0.05) is 21.7 Å². The van der Waals surface area contributed by atoms with Crippen LogP contribution in [-0.4, -0.2) is 26.4 Å². The lowest BCUT2D eigenvalue weighted by Gasteiger charge is -2.18. The number of hydrogen-bond acceptors (Lipinski definition) is 8. The highest BCUT2D eigenvalue weighted by molar-refractivity contribution is 7.84. The molecule has 0 aliphatic rings. The van der Waals surface area contributed by atoms with E-state index >= 15 is 0 Å². The second-order valence-electron chi connectivity index (χ2n) is 7.85. The van der Waals surface area contributed by atoms with Crippen molar-refractivity contribution >= 4 is 83.4 Å². The second kappa shape index (κ2) is 9.54. The number of aromatic amines is 1. The smallest absolute Gasteiger partial charge is 0.145 e. The maximum Gasteiger partial charge on any atom is 0.145 e. The van der Waals surface area contributed by atoms with E-state index in [4.69, 9.17) is 54.8 Å². The van der Waals surface area contributed by atoms with Gasteiger partial charge < -0.3 is 10.1 Å². The molecule has 0 spiro atoms. The molecule has 4 aromatic rings. The molecule has 0 bridgehead atoms. The standard InChI is InChI=1S/C22H25N5OS4/c1-4-6-11(2)9-28-13-8-5-7-12-14(13)21(24-10-23-12)25-16-18(29)15-17(20(31)19(16)30)27(3)26-22(15)32/h5,7-8,10-11,29-31H,4,6,9H2,1-3H3,(H,26,32)(H,23,24,25). The molecule has 0 radical (unpaired) electrons. The monoisotopic (exact) mass is 503 g/mol. The number of fused-ring (bicyclic) bond motifs is 2. The van der Waals surface area contributed by atoms with Crippen LogP contribution < -0.4 is 10.1 Å². The van der Waals surface area contributed by atoms with E-state index in [1.807, 2.05) is 29.9 Å². The number of aryl methyl sites for hydroxylation is 1. The van der Waals surface area contributed by atoms with Crippen LogP contribution in [-0.2, 0) is 7.05 Å². The van der Waals surface area contributed by atoms with E-state index in [-0.39, 0.29) is 0 Å². The first-order chi connectivity index (χ1) is 15.3. The van der Waals surface area contributed by atoms with E-state index in [9.17, 15) is 0 Å². The van der Waals surface area contributed by atoms with Crippen LogP contribution in [0.1, 0.15) is 26.7 Å². The van der Waals surface area contributed by atoms with Crippen molar-refractivity contribution < 1.29 is 4.74 Å². The molecule has 0 aliphatic heterocycles. The molecule has 2 heterocycles. The molecule has 2 aromatic carbocycles. The number of anilines is 2. The van der Waals surface area contributed by atoms with Crippen molar-refractivity contribution in [2.24, 2.45) is 13.0 Å². The minimum Gasteiger partial charge on any atom is -0.492 e. The van der Waals surface area contributed by atoms with Gasteiger partial charge >= 0.3 is 0 Å². The number of nitrogens with one attached hydrogen (secondary N) is 2. The molecule has 10 heteroatoms. The summed E-state index contributed by atoms with van der Waals surface area (Å²) >= 11 is 19.7. The number of thiol groups is 3. The molecule has 1 unspecified atom stereocenters. The summed E-state index contributed by atoms with van der Waals surface area (Å²) in [6.07, 6.45) is 3.77. The fourth-order valence-electron chi connectivity index (χ4n) is 3.84. The molecular weight excluding hydrogens is 479 g/mol. The lowest BCUT2D eigenvalue weighted by atomic mass is 10.1. The van der Waals surface area contributed by atoms with Gasteiger partial charge in [0.1, 0.15) is 22.5 Å². The summed E-state index contributed by atoms with van der Waals surface area (Å²) in [5.74, 6) is 1.80. The fourth-order valence-corrected chi connectivity index (χ4v) is 5.37. The number of benzene rings is 2. The summed E-state index contributed by atoms with van der Waals surface area (Å²) in [5, 5.41) is 8.13. The van der Waals surface area contributed by atoms with Crippen molar-refractivity contribution in [1.29, 1.82) is 0 Å². The van der Waals surface area contributed by atoms with Crippen LogP contribution in [0.3, 0.4) is 0 Å². The predicted octanol–water partition coefficient (Wildman–Crippen LogP) is 6.60. The third-order valence-corrected chi connectivity index (χ3v) is 7.20. The summed E-state index contributed by atoms with van der Waals surface area (Å²) in [4.78, 5) is 11.0. The number of ether oxygens (including phenoxy) is 1. The average Bonchev–Trinajstić information content (AvgIpc) is 3.07. The lowest BCUT2D eigenvalue weighted by molar-refractivity contribution is 0.254. The Bertz CT molecular complexity index is 1360. The topological polar surface area (TPSA) is 67.8 Å². The number of aromatic nitrogens is 4. The minimum absolute atomic E-state index is 0.457. The van der Waals surface area contributed by atoms with E-state index < -0.39 is 0 Å². The Morgan fingerprint density at radius 3 is 2.69 bits per heavy atom. The molecule has 0 fully saturated rings. The van der Waals surface area contributed by atoms with Crippen molar-refractivity contribution in [2.45, 2.75) is 41.4 Å². The summed E-state index contributed by atoms with van der Waals surface area (Å²) in [6.45, 7) is 5.00. The number of rotatable bonds is 7. The largest absolute Gasteiger partial charge is 0.492 e. The van der Waals surface area contributed by atoms with Gasteiger partial charge in [0.2, 0.25) is 0 Å². The highest BCUT2D eigenvalue weighted by Crippen LogP contribution is 2.43. The molecule has 2 aromatic heterocycles. The Kier molecular flexibility index (Phi) is 6.94. The van der Waals surface area contributed by atoms with Gasteiger partial charge in [0.05, 0.1) is 34.1 Å². The third-order valence-electron chi connectivity index (χ3n) is 5.40. The molecule has 32 heavy (non-hydrogen) atoms. The molecule has 4 rings (SSSR count). The van der Waals surface area contributed by atoms with Crippen molar-refractivity contribution in [2.75, 3.05) is 11.9 Å². The van der Waals surface area contributed by atoms with Gasteiger partial charge in [-0.1, -0.05) is 38.6 Å². The summed E-state index contributed by atoms with van der Waals surface area (Å²) < 4.78 is 8.60. The van der Waals surface area contributed by atoms with E-state index in [1.165, 1.54) is 6.33 Å². The number of hydrogen-bond donors (Lipinski definition) is 5. The molecule has 6 nitrogen and oxygen atoms in total. The van der Waals surface area contributed by atoms with Crippen LogP contribution in [0.15, 0.2) is 39.2 Å². The van der Waals surface area contributed by atoms with E-state index in [1.54, 1.807) is 0 Å². The fraction of sp³-hybridized carbons (Fsp3) is 0.318. The third kappa shape index (κ3) is 4.21. The Balaban J connectivity index is 1.83. The minimum atomic E-state index is 0.457. The maximum absolute atomic E-state index is 6.19. The van der Waals surface area contributed by atoms with Crippen molar-refractivity contribution in [1.82, 2.24) is 19.7 Å². The molecule has 0 saturated carbocycles. The van der Waals surface area contributed by atoms with Crippen molar-refractivity contribution in [3.8, 4) is 5.75 Å². The molecule has 1 atom stereocenters. The summed E-state index contributed by atoms with van der Waals surface area (Å²) in [6, 6.07) is 5.82. The zero-order valence-corrected chi connectivity index (χ0v) is 21.5. The molecule has 0 aliphatic carbocycles. The maximum atomic E-state index is 6.19. The van der Waals surface area contributed by atoms with Crippen LogP contribution in [0, 0.1) is 10.6 Å². The van der Waals surface area contributed by atoms with Gasteiger partial charge in [0.25, 0.3) is 0 Å². The number of H-pyrrole nitrogens is 1. The van der Waals surface area contributed by atoms with Gasteiger partial charge in [-0.05, 0) is 24.5 Å². The zero-order valence-electron chi connectivity index (χ0n) is 18.0. The Hall–Kier alpha value is -1.88. The molecular formula is C22H25N5OS4. The van der Waals surface area contributed by atoms with Crippen LogP contribution in [0.2, 0.25) is 0 Å². The van der Waals surface area contributed by atoms with Crippen LogP contribution in [0.4, 0.5) is 11.5 Å². The van der Waals surface area contributed by atoms with Gasteiger partial charge in [-0.3, -0.25) is 9.78 Å². The molecule has 0 saturated heterocycles. The zero-order chi connectivity index (χ0) is 23.0. The lowest BCUT2D eigenvalue weighted by Crippen LogP contribution is -2.09. The summed E-state index contributed by atoms with van der Waals surface area (Å²) in [7, 11) is 1.88.